The molecule has 5 nitrogen and oxygen atoms in total. The molecule has 0 aliphatic heterocycles. The summed E-state index contributed by atoms with van der Waals surface area (Å²) in [5.74, 6) is 0.230. The third kappa shape index (κ3) is 5.59. The van der Waals surface area contributed by atoms with Crippen molar-refractivity contribution in [3.63, 3.8) is 0 Å². The summed E-state index contributed by atoms with van der Waals surface area (Å²) in [5.41, 5.74) is 3.01. The minimum absolute atomic E-state index is 0. The fourth-order valence-electron chi connectivity index (χ4n) is 1.32. The van der Waals surface area contributed by atoms with Crippen molar-refractivity contribution in [1.29, 1.82) is 0 Å². The fourth-order valence-corrected chi connectivity index (χ4v) is 3.02. The molecule has 18 heavy (non-hydrogen) atoms. The quantitative estimate of drug-likeness (QED) is 0.346. The van der Waals surface area contributed by atoms with Gasteiger partial charge in [0.2, 0.25) is 17.6 Å². The molecule has 0 radical (unpaired) electrons. The SMILES string of the molecule is COC(=O)C[n+]1c[s+](CCOC(C)=O)cc1C.[Br-]. The van der Waals surface area contributed by atoms with Crippen molar-refractivity contribution in [3.05, 3.63) is 16.6 Å². The van der Waals surface area contributed by atoms with E-state index >= 15 is 0 Å². The molecule has 0 N–H and O–H groups in total. The van der Waals surface area contributed by atoms with Crippen molar-refractivity contribution < 1.29 is 40.6 Å². The molecule has 1 aromatic rings. The number of esters is 2. The number of hydrogen-bond donors (Lipinski definition) is 0. The van der Waals surface area contributed by atoms with Crippen LogP contribution in [-0.4, -0.2) is 25.7 Å². The molecule has 1 rings (SSSR count). The Labute approximate surface area is 119 Å². The molecule has 1 atom stereocenters. The summed E-state index contributed by atoms with van der Waals surface area (Å²) in [6.07, 6.45) is 0. The van der Waals surface area contributed by atoms with Gasteiger partial charge >= 0.3 is 17.4 Å². The summed E-state index contributed by atoms with van der Waals surface area (Å²) in [7, 11) is 1.30. The van der Waals surface area contributed by atoms with E-state index in [0.717, 1.165) is 11.4 Å². The van der Waals surface area contributed by atoms with Gasteiger partial charge in [0.25, 0.3) is 0 Å². The van der Waals surface area contributed by atoms with Crippen LogP contribution in [0, 0.1) is 6.92 Å². The minimum Gasteiger partial charge on any atom is -1.00 e. The van der Waals surface area contributed by atoms with Crippen LogP contribution in [0.25, 0.3) is 0 Å². The Morgan fingerprint density at radius 3 is 2.67 bits per heavy atom. The average Bonchev–Trinajstić information content (AvgIpc) is 2.59. The predicted octanol–water partition coefficient (Wildman–Crippen LogP) is -2.23. The number of carbonyl (C=O) groups excluding carboxylic acids is 2. The minimum atomic E-state index is -0.264. The molecule has 0 bridgehead atoms. The fraction of sp³-hybridized carbons (Fsp3) is 0.545. The second kappa shape index (κ2) is 8.20. The summed E-state index contributed by atoms with van der Waals surface area (Å²) < 4.78 is 11.4. The average molecular weight is 339 g/mol. The van der Waals surface area contributed by atoms with E-state index < -0.39 is 0 Å². The zero-order valence-corrected chi connectivity index (χ0v) is 13.0. The monoisotopic (exact) mass is 338 g/mol. The molecule has 0 aliphatic carbocycles. The Kier molecular flexibility index (Phi) is 7.77. The predicted molar refractivity (Wildman–Crippen MR) is 62.5 cm³/mol. The first-order valence-corrected chi connectivity index (χ1v) is 6.73. The van der Waals surface area contributed by atoms with Gasteiger partial charge in [-0.1, -0.05) is 0 Å². The van der Waals surface area contributed by atoms with Crippen molar-refractivity contribution in [3.8, 4) is 0 Å². The lowest BCUT2D eigenvalue weighted by Gasteiger charge is -1.93. The standard InChI is InChI=1S/C11H17NO4S.BrH/c1-9-7-17(5-4-16-10(2)13)8-12(9)6-11(14)15-3;/h7-8H,4-6H2,1-3H3;1H/q+2;/p-1. The highest BCUT2D eigenvalue weighted by molar-refractivity contribution is 7.27. The number of ether oxygens (including phenoxy) is 2. The number of halogens is 1. The normalized spacial score (nSPS) is 10.5. The van der Waals surface area contributed by atoms with Crippen LogP contribution < -0.4 is 21.5 Å². The number of aromatic nitrogens is 1. The van der Waals surface area contributed by atoms with Crippen LogP contribution in [-0.2, 0) is 31.4 Å². The number of aryl methyl sites for hydroxylation is 1. The third-order valence-electron chi connectivity index (χ3n) is 2.19. The highest BCUT2D eigenvalue weighted by Crippen LogP contribution is 2.17. The van der Waals surface area contributed by atoms with Gasteiger partial charge in [0, 0.05) is 13.8 Å². The Balaban J connectivity index is 0.00000289. The molecule has 0 saturated heterocycles. The van der Waals surface area contributed by atoms with E-state index in [-0.39, 0.29) is 45.9 Å². The number of carbonyl (C=O) groups is 2. The van der Waals surface area contributed by atoms with E-state index in [1.165, 1.54) is 14.0 Å². The molecule has 102 valence electrons. The summed E-state index contributed by atoms with van der Waals surface area (Å²) in [6, 6.07) is 0. The zero-order valence-electron chi connectivity index (χ0n) is 10.6. The number of methoxy groups -OCH3 is 1. The van der Waals surface area contributed by atoms with Gasteiger partial charge < -0.3 is 26.5 Å². The second-order valence-corrected chi connectivity index (χ2v) is 5.38. The van der Waals surface area contributed by atoms with Gasteiger partial charge in [-0.05, 0) is 0 Å². The van der Waals surface area contributed by atoms with Gasteiger partial charge in [-0.3, -0.25) is 4.79 Å². The lowest BCUT2D eigenvalue weighted by atomic mass is 10.5. The first-order chi connectivity index (χ1) is 8.02. The lowest BCUT2D eigenvalue weighted by Crippen LogP contribution is -3.00. The Morgan fingerprint density at radius 2 is 2.11 bits per heavy atom. The summed E-state index contributed by atoms with van der Waals surface area (Å²) in [6.45, 7) is 3.98. The maximum absolute atomic E-state index is 11.1. The van der Waals surface area contributed by atoms with Crippen LogP contribution in [0.2, 0.25) is 0 Å². The molecule has 0 spiro atoms. The van der Waals surface area contributed by atoms with Gasteiger partial charge in [-0.15, -0.1) is 4.57 Å². The molecule has 0 aromatic carbocycles. The van der Waals surface area contributed by atoms with Gasteiger partial charge in [-0.25, -0.2) is 4.79 Å². The molecule has 0 amide bonds. The van der Waals surface area contributed by atoms with E-state index in [1.54, 1.807) is 0 Å². The largest absolute Gasteiger partial charge is 1.00 e. The van der Waals surface area contributed by atoms with E-state index in [0.29, 0.717) is 6.61 Å². The Hall–Kier alpha value is -0.950. The van der Waals surface area contributed by atoms with Crippen LogP contribution in [0.15, 0.2) is 10.9 Å². The highest BCUT2D eigenvalue weighted by atomic mass is 79.9. The van der Waals surface area contributed by atoms with Crippen LogP contribution in [0.4, 0.5) is 0 Å². The van der Waals surface area contributed by atoms with Gasteiger partial charge in [-0.2, -0.15) is 0 Å². The lowest BCUT2D eigenvalue weighted by molar-refractivity contribution is -0.687. The number of rotatable bonds is 5. The smallest absolute Gasteiger partial charge is 0.372 e. The van der Waals surface area contributed by atoms with E-state index in [1.807, 2.05) is 17.0 Å². The van der Waals surface area contributed by atoms with Gasteiger partial charge in [0.05, 0.1) is 17.6 Å². The first kappa shape index (κ1) is 17.1. The van der Waals surface area contributed by atoms with Crippen LogP contribution in [0.1, 0.15) is 12.6 Å². The molecule has 1 unspecified atom stereocenters. The van der Waals surface area contributed by atoms with E-state index in [9.17, 15) is 9.59 Å². The zero-order chi connectivity index (χ0) is 12.8. The maximum Gasteiger partial charge on any atom is 0.372 e. The van der Waals surface area contributed by atoms with Crippen molar-refractivity contribution in [1.82, 2.24) is 0 Å². The third-order valence-corrected chi connectivity index (χ3v) is 4.00. The molecule has 1 heterocycles. The van der Waals surface area contributed by atoms with Crippen LogP contribution >= 0.6 is 10.5 Å². The summed E-state index contributed by atoms with van der Waals surface area (Å²) in [4.78, 5) is 21.8. The second-order valence-electron chi connectivity index (χ2n) is 3.58. The molecular weight excluding hydrogens is 322 g/mol. The maximum atomic E-state index is 11.1. The van der Waals surface area contributed by atoms with Gasteiger partial charge in [0.1, 0.15) is 6.61 Å². The summed E-state index contributed by atoms with van der Waals surface area (Å²) >= 11 is 0. The van der Waals surface area contributed by atoms with Crippen LogP contribution in [0.3, 0.4) is 0 Å². The van der Waals surface area contributed by atoms with Crippen LogP contribution in [0.5, 0.6) is 0 Å². The Morgan fingerprint density at radius 1 is 1.44 bits per heavy atom. The highest BCUT2D eigenvalue weighted by Gasteiger charge is 2.22. The first-order valence-electron chi connectivity index (χ1n) is 5.21. The summed E-state index contributed by atoms with van der Waals surface area (Å²) in [5, 5.41) is 2.08. The van der Waals surface area contributed by atoms with Crippen molar-refractivity contribution >= 4 is 22.4 Å². The van der Waals surface area contributed by atoms with Crippen molar-refractivity contribution in [2.75, 3.05) is 13.7 Å². The molecule has 0 saturated carbocycles. The van der Waals surface area contributed by atoms with Gasteiger partial charge in [0.15, 0.2) is 5.75 Å². The molecule has 1 aromatic heterocycles. The van der Waals surface area contributed by atoms with Crippen molar-refractivity contribution in [2.24, 2.45) is 0 Å². The van der Waals surface area contributed by atoms with E-state index in [4.69, 9.17) is 4.74 Å². The Bertz CT molecular complexity index is 419. The number of hydrogen-bond acceptors (Lipinski definition) is 4. The topological polar surface area (TPSA) is 56.5 Å². The number of thiazole rings is 1. The molecule has 7 heteroatoms. The van der Waals surface area contributed by atoms with Crippen molar-refractivity contribution in [2.45, 2.75) is 26.1 Å². The molecule has 0 fully saturated rings. The number of nitrogens with zero attached hydrogens (tertiary/aromatic N) is 1. The molecule has 0 aliphatic rings. The molecular formula is C11H17BrNO4S+. The van der Waals surface area contributed by atoms with E-state index in [2.05, 4.69) is 10.1 Å².